The molecular weight excluding hydrogens is 224 g/mol. The molecule has 0 bridgehead atoms. The number of carbonyl (C=O) groups excluding carboxylic acids is 2. The molecule has 1 fully saturated rings. The van der Waals surface area contributed by atoms with Crippen molar-refractivity contribution in [2.45, 2.75) is 26.2 Å². The topological polar surface area (TPSA) is 95.5 Å². The minimum atomic E-state index is -0.925. The third-order valence-corrected chi connectivity index (χ3v) is 2.67. The van der Waals surface area contributed by atoms with Crippen LogP contribution in [0.3, 0.4) is 0 Å². The predicted octanol–water partition coefficient (Wildman–Crippen LogP) is -0.260. The summed E-state index contributed by atoms with van der Waals surface area (Å²) in [7, 11) is 0. The SMILES string of the molecule is CCCNC(=O)CCNC(=O)[C@@H]1C[C@@H]1C(=O)O. The van der Waals surface area contributed by atoms with E-state index in [1.54, 1.807) is 0 Å². The van der Waals surface area contributed by atoms with Crippen molar-refractivity contribution in [1.29, 1.82) is 0 Å². The highest BCUT2D eigenvalue weighted by Gasteiger charge is 2.48. The minimum Gasteiger partial charge on any atom is -0.481 e. The van der Waals surface area contributed by atoms with Crippen LogP contribution in [0.5, 0.6) is 0 Å². The average molecular weight is 242 g/mol. The lowest BCUT2D eigenvalue weighted by atomic mass is 10.3. The van der Waals surface area contributed by atoms with Crippen LogP contribution in [0.15, 0.2) is 0 Å². The summed E-state index contributed by atoms with van der Waals surface area (Å²) in [6.07, 6.45) is 1.51. The fraction of sp³-hybridized carbons (Fsp3) is 0.727. The molecule has 1 rings (SSSR count). The van der Waals surface area contributed by atoms with Gasteiger partial charge in [0.25, 0.3) is 0 Å². The number of carboxylic acid groups (broad SMARTS) is 1. The Kier molecular flexibility index (Phi) is 4.93. The highest BCUT2D eigenvalue weighted by Crippen LogP contribution is 2.38. The van der Waals surface area contributed by atoms with E-state index in [1.807, 2.05) is 6.92 Å². The van der Waals surface area contributed by atoms with Gasteiger partial charge in [0.1, 0.15) is 0 Å². The molecule has 1 saturated carbocycles. The largest absolute Gasteiger partial charge is 0.481 e. The zero-order chi connectivity index (χ0) is 12.8. The molecule has 0 spiro atoms. The van der Waals surface area contributed by atoms with Crippen LogP contribution in [0.1, 0.15) is 26.2 Å². The minimum absolute atomic E-state index is 0.0993. The van der Waals surface area contributed by atoms with Crippen LogP contribution < -0.4 is 10.6 Å². The summed E-state index contributed by atoms with van der Waals surface area (Å²) < 4.78 is 0. The lowest BCUT2D eigenvalue weighted by molar-refractivity contribution is -0.140. The van der Waals surface area contributed by atoms with Crippen LogP contribution in [-0.4, -0.2) is 36.0 Å². The van der Waals surface area contributed by atoms with Crippen LogP contribution in [0, 0.1) is 11.8 Å². The smallest absolute Gasteiger partial charge is 0.307 e. The predicted molar refractivity (Wildman–Crippen MR) is 60.2 cm³/mol. The Labute approximate surface area is 99.8 Å². The van der Waals surface area contributed by atoms with Gasteiger partial charge in [0.05, 0.1) is 11.8 Å². The van der Waals surface area contributed by atoms with Crippen LogP contribution in [-0.2, 0) is 14.4 Å². The third kappa shape index (κ3) is 4.42. The van der Waals surface area contributed by atoms with Gasteiger partial charge in [-0.25, -0.2) is 0 Å². The molecule has 0 aromatic rings. The van der Waals surface area contributed by atoms with Crippen molar-refractivity contribution >= 4 is 17.8 Å². The summed E-state index contributed by atoms with van der Waals surface area (Å²) in [6, 6.07) is 0. The maximum atomic E-state index is 11.4. The molecule has 96 valence electrons. The molecule has 1 aliphatic carbocycles. The molecule has 2 amide bonds. The van der Waals surface area contributed by atoms with Gasteiger partial charge in [0.15, 0.2) is 0 Å². The number of rotatable bonds is 7. The van der Waals surface area contributed by atoms with E-state index in [0.717, 1.165) is 6.42 Å². The molecule has 3 N–H and O–H groups in total. The summed E-state index contributed by atoms with van der Waals surface area (Å²) in [5.74, 6) is -2.24. The normalized spacial score (nSPS) is 21.7. The molecule has 0 aromatic heterocycles. The fourth-order valence-electron chi connectivity index (χ4n) is 1.54. The van der Waals surface area contributed by atoms with Crippen LogP contribution in [0.2, 0.25) is 0 Å². The lowest BCUT2D eigenvalue weighted by Crippen LogP contribution is -2.32. The van der Waals surface area contributed by atoms with E-state index in [1.165, 1.54) is 0 Å². The molecule has 1 aliphatic rings. The molecule has 17 heavy (non-hydrogen) atoms. The number of hydrogen-bond donors (Lipinski definition) is 3. The number of amides is 2. The Hall–Kier alpha value is -1.59. The zero-order valence-electron chi connectivity index (χ0n) is 9.86. The highest BCUT2D eigenvalue weighted by molar-refractivity contribution is 5.89. The molecule has 2 atom stereocenters. The van der Waals surface area contributed by atoms with E-state index < -0.39 is 17.8 Å². The Morgan fingerprint density at radius 1 is 1.18 bits per heavy atom. The molecule has 0 saturated heterocycles. The van der Waals surface area contributed by atoms with Gasteiger partial charge in [-0.1, -0.05) is 6.92 Å². The van der Waals surface area contributed by atoms with Crippen molar-refractivity contribution in [2.75, 3.05) is 13.1 Å². The maximum absolute atomic E-state index is 11.4. The van der Waals surface area contributed by atoms with Gasteiger partial charge in [-0.2, -0.15) is 0 Å². The lowest BCUT2D eigenvalue weighted by Gasteiger charge is -2.05. The van der Waals surface area contributed by atoms with Crippen molar-refractivity contribution in [3.63, 3.8) is 0 Å². The van der Waals surface area contributed by atoms with Gasteiger partial charge in [-0.05, 0) is 12.8 Å². The van der Waals surface area contributed by atoms with Crippen molar-refractivity contribution in [3.05, 3.63) is 0 Å². The molecule has 6 heteroatoms. The second-order valence-corrected chi connectivity index (χ2v) is 4.18. The van der Waals surface area contributed by atoms with E-state index >= 15 is 0 Å². The van der Waals surface area contributed by atoms with Crippen molar-refractivity contribution in [2.24, 2.45) is 11.8 Å². The monoisotopic (exact) mass is 242 g/mol. The summed E-state index contributed by atoms with van der Waals surface area (Å²) in [5.41, 5.74) is 0. The average Bonchev–Trinajstić information content (AvgIpc) is 3.06. The van der Waals surface area contributed by atoms with Crippen molar-refractivity contribution in [3.8, 4) is 0 Å². The Morgan fingerprint density at radius 3 is 2.41 bits per heavy atom. The molecular formula is C11H18N2O4. The number of aliphatic carboxylic acids is 1. The Balaban J connectivity index is 2.09. The van der Waals surface area contributed by atoms with Gasteiger partial charge in [-0.3, -0.25) is 14.4 Å². The first kappa shape index (κ1) is 13.5. The van der Waals surface area contributed by atoms with E-state index in [4.69, 9.17) is 5.11 Å². The summed E-state index contributed by atoms with van der Waals surface area (Å²) >= 11 is 0. The molecule has 0 unspecified atom stereocenters. The highest BCUT2D eigenvalue weighted by atomic mass is 16.4. The van der Waals surface area contributed by atoms with E-state index in [-0.39, 0.29) is 24.8 Å². The Bertz CT molecular complexity index is 317. The first-order valence-corrected chi connectivity index (χ1v) is 5.83. The van der Waals surface area contributed by atoms with Crippen molar-refractivity contribution < 1.29 is 19.5 Å². The van der Waals surface area contributed by atoms with Gasteiger partial charge < -0.3 is 15.7 Å². The number of hydrogen-bond acceptors (Lipinski definition) is 3. The number of carbonyl (C=O) groups is 3. The second-order valence-electron chi connectivity index (χ2n) is 4.18. The maximum Gasteiger partial charge on any atom is 0.307 e. The molecule has 0 aromatic carbocycles. The van der Waals surface area contributed by atoms with Crippen molar-refractivity contribution in [1.82, 2.24) is 10.6 Å². The fourth-order valence-corrected chi connectivity index (χ4v) is 1.54. The Morgan fingerprint density at radius 2 is 1.88 bits per heavy atom. The van der Waals surface area contributed by atoms with Crippen LogP contribution in [0.25, 0.3) is 0 Å². The third-order valence-electron chi connectivity index (χ3n) is 2.67. The molecule has 0 heterocycles. The number of nitrogens with one attached hydrogen (secondary N) is 2. The summed E-state index contributed by atoms with van der Waals surface area (Å²) in [5, 5.41) is 13.9. The summed E-state index contributed by atoms with van der Waals surface area (Å²) in [6.45, 7) is 2.86. The quantitative estimate of drug-likeness (QED) is 0.573. The van der Waals surface area contributed by atoms with Crippen LogP contribution >= 0.6 is 0 Å². The zero-order valence-corrected chi connectivity index (χ0v) is 9.86. The first-order valence-electron chi connectivity index (χ1n) is 5.83. The molecule has 0 radical (unpaired) electrons. The van der Waals surface area contributed by atoms with E-state index in [2.05, 4.69) is 10.6 Å². The molecule has 6 nitrogen and oxygen atoms in total. The number of carboxylic acids is 1. The summed E-state index contributed by atoms with van der Waals surface area (Å²) in [4.78, 5) is 33.1. The van der Waals surface area contributed by atoms with E-state index in [0.29, 0.717) is 13.0 Å². The van der Waals surface area contributed by atoms with Gasteiger partial charge in [-0.15, -0.1) is 0 Å². The van der Waals surface area contributed by atoms with Gasteiger partial charge in [0, 0.05) is 19.5 Å². The first-order chi connectivity index (χ1) is 8.06. The van der Waals surface area contributed by atoms with Gasteiger partial charge in [0.2, 0.25) is 11.8 Å². The van der Waals surface area contributed by atoms with E-state index in [9.17, 15) is 14.4 Å². The molecule has 0 aliphatic heterocycles. The van der Waals surface area contributed by atoms with Gasteiger partial charge >= 0.3 is 5.97 Å². The van der Waals surface area contributed by atoms with Crippen LogP contribution in [0.4, 0.5) is 0 Å². The second kappa shape index (κ2) is 6.22. The standard InChI is InChI=1S/C11H18N2O4/c1-2-4-12-9(14)3-5-13-10(15)7-6-8(7)11(16)17/h7-8H,2-6H2,1H3,(H,12,14)(H,13,15)(H,16,17)/t7-,8+/m1/s1.